The Balaban J connectivity index is 2.07. The minimum Gasteiger partial charge on any atom is -0.508 e. The number of phenolic OH excluding ortho intramolecular Hbond substituents is 1. The fraction of sp³-hybridized carbons (Fsp3) is 0.143. The van der Waals surface area contributed by atoms with Crippen LogP contribution in [0.15, 0.2) is 33.5 Å². The lowest BCUT2D eigenvalue weighted by Crippen LogP contribution is -1.84. The van der Waals surface area contributed by atoms with Crippen molar-refractivity contribution in [1.29, 1.82) is 0 Å². The first-order valence-corrected chi connectivity index (χ1v) is 6.77. The second-order valence-electron chi connectivity index (χ2n) is 4.34. The molecule has 0 aliphatic rings. The van der Waals surface area contributed by atoms with E-state index in [2.05, 4.69) is 10.1 Å². The summed E-state index contributed by atoms with van der Waals surface area (Å²) in [5.74, 6) is 1.23. The molecule has 2 aromatic heterocycles. The molecule has 0 aliphatic carbocycles. The Morgan fingerprint density at radius 2 is 2.00 bits per heavy atom. The molecule has 0 unspecified atom stereocenters. The maximum atomic E-state index is 9.71. The number of benzene rings is 1. The van der Waals surface area contributed by atoms with Crippen LogP contribution in [0.4, 0.5) is 0 Å². The fourth-order valence-electron chi connectivity index (χ4n) is 1.89. The van der Waals surface area contributed by atoms with Gasteiger partial charge in [-0.15, -0.1) is 0 Å². The maximum Gasteiger partial charge on any atom is 0.258 e. The van der Waals surface area contributed by atoms with Crippen molar-refractivity contribution in [1.82, 2.24) is 10.1 Å². The van der Waals surface area contributed by atoms with Gasteiger partial charge in [-0.3, -0.25) is 0 Å². The van der Waals surface area contributed by atoms with Crippen molar-refractivity contribution < 1.29 is 9.63 Å². The summed E-state index contributed by atoms with van der Waals surface area (Å²) in [4.78, 5) is 4.40. The van der Waals surface area contributed by atoms with Gasteiger partial charge in [0.05, 0.1) is 0 Å². The number of phenols is 1. The summed E-state index contributed by atoms with van der Waals surface area (Å²) in [5, 5.41) is 17.8. The molecule has 3 aromatic rings. The number of aromatic hydroxyl groups is 1. The van der Waals surface area contributed by atoms with Gasteiger partial charge in [0.2, 0.25) is 5.82 Å². The van der Waals surface area contributed by atoms with E-state index in [9.17, 15) is 5.11 Å². The van der Waals surface area contributed by atoms with Gasteiger partial charge in [0.15, 0.2) is 0 Å². The zero-order valence-electron chi connectivity index (χ0n) is 10.5. The third kappa shape index (κ3) is 2.02. The van der Waals surface area contributed by atoms with Crippen LogP contribution in [0.2, 0.25) is 0 Å². The highest BCUT2D eigenvalue weighted by molar-refractivity contribution is 7.08. The van der Waals surface area contributed by atoms with Crippen LogP contribution in [0.25, 0.3) is 22.8 Å². The van der Waals surface area contributed by atoms with Crippen LogP contribution < -0.4 is 0 Å². The Morgan fingerprint density at radius 1 is 1.16 bits per heavy atom. The van der Waals surface area contributed by atoms with Crippen LogP contribution in [0.3, 0.4) is 0 Å². The molecular formula is C14H12N2O2S. The Labute approximate surface area is 114 Å². The standard InChI is InChI=1S/C14H12N2O2S/c1-8-6-19-7-11(8)13-15-14(18-16-13)10-4-3-5-12(17)9(10)2/h3-7,17H,1-2H3. The van der Waals surface area contributed by atoms with E-state index in [0.717, 1.165) is 22.3 Å². The number of nitrogens with zero attached hydrogens (tertiary/aromatic N) is 2. The number of hydrogen-bond donors (Lipinski definition) is 1. The van der Waals surface area contributed by atoms with Gasteiger partial charge >= 0.3 is 0 Å². The molecule has 5 heteroatoms. The molecule has 0 saturated heterocycles. The van der Waals surface area contributed by atoms with Gasteiger partial charge in [0.25, 0.3) is 5.89 Å². The molecule has 0 bridgehead atoms. The van der Waals surface area contributed by atoms with Gasteiger partial charge in [0, 0.05) is 22.1 Å². The predicted molar refractivity (Wildman–Crippen MR) is 74.2 cm³/mol. The number of aromatic nitrogens is 2. The topological polar surface area (TPSA) is 59.2 Å². The Hall–Kier alpha value is -2.14. The lowest BCUT2D eigenvalue weighted by Gasteiger charge is -2.01. The van der Waals surface area contributed by atoms with Crippen LogP contribution in [0.1, 0.15) is 11.1 Å². The van der Waals surface area contributed by atoms with Crippen molar-refractivity contribution >= 4 is 11.3 Å². The molecule has 1 N–H and O–H groups in total. The van der Waals surface area contributed by atoms with Crippen LogP contribution in [0.5, 0.6) is 5.75 Å². The minimum absolute atomic E-state index is 0.226. The molecule has 0 atom stereocenters. The van der Waals surface area contributed by atoms with E-state index >= 15 is 0 Å². The van der Waals surface area contributed by atoms with E-state index in [4.69, 9.17) is 4.52 Å². The molecule has 0 amide bonds. The number of thiophene rings is 1. The average molecular weight is 272 g/mol. The third-order valence-corrected chi connectivity index (χ3v) is 3.92. The summed E-state index contributed by atoms with van der Waals surface area (Å²) in [6.07, 6.45) is 0. The van der Waals surface area contributed by atoms with Gasteiger partial charge in [-0.1, -0.05) is 11.2 Å². The largest absolute Gasteiger partial charge is 0.508 e. The molecule has 1 aromatic carbocycles. The summed E-state index contributed by atoms with van der Waals surface area (Å²) in [6, 6.07) is 5.25. The van der Waals surface area contributed by atoms with Gasteiger partial charge in [-0.2, -0.15) is 16.3 Å². The average Bonchev–Trinajstić information content (AvgIpc) is 3.01. The van der Waals surface area contributed by atoms with Crippen LogP contribution in [0, 0.1) is 13.8 Å². The smallest absolute Gasteiger partial charge is 0.258 e. The van der Waals surface area contributed by atoms with E-state index in [1.54, 1.807) is 23.5 Å². The Kier molecular flexibility index (Phi) is 2.83. The highest BCUT2D eigenvalue weighted by atomic mass is 32.1. The molecule has 4 nitrogen and oxygen atoms in total. The number of rotatable bonds is 2. The lowest BCUT2D eigenvalue weighted by molar-refractivity contribution is 0.431. The zero-order valence-corrected chi connectivity index (χ0v) is 11.4. The second-order valence-corrected chi connectivity index (χ2v) is 5.08. The van der Waals surface area contributed by atoms with E-state index in [1.807, 2.05) is 30.7 Å². The van der Waals surface area contributed by atoms with E-state index in [0.29, 0.717) is 11.7 Å². The van der Waals surface area contributed by atoms with Crippen LogP contribution in [-0.4, -0.2) is 15.2 Å². The summed E-state index contributed by atoms with van der Waals surface area (Å²) >= 11 is 1.61. The third-order valence-electron chi connectivity index (χ3n) is 3.06. The molecular weight excluding hydrogens is 260 g/mol. The number of hydrogen-bond acceptors (Lipinski definition) is 5. The molecule has 0 aliphatic heterocycles. The van der Waals surface area contributed by atoms with Crippen molar-refractivity contribution in [2.24, 2.45) is 0 Å². The molecule has 0 saturated carbocycles. The van der Waals surface area contributed by atoms with E-state index < -0.39 is 0 Å². The highest BCUT2D eigenvalue weighted by Gasteiger charge is 2.15. The second kappa shape index (κ2) is 4.51. The first kappa shape index (κ1) is 11.9. The molecule has 3 rings (SSSR count). The van der Waals surface area contributed by atoms with Crippen molar-refractivity contribution in [2.75, 3.05) is 0 Å². The number of aryl methyl sites for hydroxylation is 1. The molecule has 2 heterocycles. The first-order chi connectivity index (χ1) is 9.16. The summed E-state index contributed by atoms with van der Waals surface area (Å²) in [6.45, 7) is 3.84. The summed E-state index contributed by atoms with van der Waals surface area (Å²) in [7, 11) is 0. The minimum atomic E-state index is 0.226. The highest BCUT2D eigenvalue weighted by Crippen LogP contribution is 2.30. The van der Waals surface area contributed by atoms with Crippen molar-refractivity contribution in [3.8, 4) is 28.6 Å². The first-order valence-electron chi connectivity index (χ1n) is 5.82. The lowest BCUT2D eigenvalue weighted by atomic mass is 10.1. The van der Waals surface area contributed by atoms with Gasteiger partial charge < -0.3 is 9.63 Å². The summed E-state index contributed by atoms with van der Waals surface area (Å²) in [5.41, 5.74) is 3.61. The molecule has 0 radical (unpaired) electrons. The van der Waals surface area contributed by atoms with Gasteiger partial charge in [-0.05, 0) is 36.9 Å². The molecule has 0 fully saturated rings. The van der Waals surface area contributed by atoms with Crippen LogP contribution in [-0.2, 0) is 0 Å². The van der Waals surface area contributed by atoms with E-state index in [1.165, 1.54) is 0 Å². The molecule has 0 spiro atoms. The van der Waals surface area contributed by atoms with Gasteiger partial charge in [-0.25, -0.2) is 0 Å². The SMILES string of the molecule is Cc1cscc1-c1noc(-c2cccc(O)c2C)n1. The fourth-order valence-corrected chi connectivity index (χ4v) is 2.71. The Morgan fingerprint density at radius 3 is 2.74 bits per heavy atom. The molecule has 96 valence electrons. The normalized spacial score (nSPS) is 10.8. The van der Waals surface area contributed by atoms with Gasteiger partial charge in [0.1, 0.15) is 5.75 Å². The quantitative estimate of drug-likeness (QED) is 0.771. The maximum absolute atomic E-state index is 9.71. The summed E-state index contributed by atoms with van der Waals surface area (Å²) < 4.78 is 5.30. The van der Waals surface area contributed by atoms with Crippen LogP contribution >= 0.6 is 11.3 Å². The van der Waals surface area contributed by atoms with Crippen molar-refractivity contribution in [3.05, 3.63) is 40.1 Å². The Bertz CT molecular complexity index is 731. The van der Waals surface area contributed by atoms with Crippen molar-refractivity contribution in [2.45, 2.75) is 13.8 Å². The monoisotopic (exact) mass is 272 g/mol. The zero-order chi connectivity index (χ0) is 13.4. The van der Waals surface area contributed by atoms with Crippen molar-refractivity contribution in [3.63, 3.8) is 0 Å². The molecule has 19 heavy (non-hydrogen) atoms. The van der Waals surface area contributed by atoms with E-state index in [-0.39, 0.29) is 5.75 Å². The predicted octanol–water partition coefficient (Wildman–Crippen LogP) is 3.79.